The van der Waals surface area contributed by atoms with Crippen molar-refractivity contribution in [1.29, 1.82) is 0 Å². The monoisotopic (exact) mass is 397 g/mol. The quantitative estimate of drug-likeness (QED) is 0.475. The molecule has 5 nitrogen and oxygen atoms in total. The highest BCUT2D eigenvalue weighted by Crippen LogP contribution is 2.33. The summed E-state index contributed by atoms with van der Waals surface area (Å²) >= 11 is 0. The SMILES string of the molecule is CNc1nc2cnc(Nc3cccc(C)c3)cc2n1-c1cccc(C(F)(F)F)c1. The highest BCUT2D eigenvalue weighted by Gasteiger charge is 2.30. The van der Waals surface area contributed by atoms with Crippen molar-refractivity contribution in [3.8, 4) is 5.69 Å². The number of rotatable bonds is 4. The molecule has 0 saturated carbocycles. The van der Waals surface area contributed by atoms with Crippen molar-refractivity contribution in [2.75, 3.05) is 17.7 Å². The van der Waals surface area contributed by atoms with Crippen molar-refractivity contribution >= 4 is 28.5 Å². The molecular weight excluding hydrogens is 379 g/mol. The van der Waals surface area contributed by atoms with Crippen LogP contribution in [-0.4, -0.2) is 21.6 Å². The molecule has 2 heterocycles. The molecule has 4 aromatic rings. The van der Waals surface area contributed by atoms with Crippen molar-refractivity contribution in [3.63, 3.8) is 0 Å². The number of anilines is 3. The Hall–Kier alpha value is -3.55. The second kappa shape index (κ2) is 7.12. The lowest BCUT2D eigenvalue weighted by molar-refractivity contribution is -0.137. The van der Waals surface area contributed by atoms with E-state index in [0.717, 1.165) is 23.4 Å². The van der Waals surface area contributed by atoms with Crippen LogP contribution in [0.3, 0.4) is 0 Å². The molecule has 2 aromatic heterocycles. The minimum absolute atomic E-state index is 0.361. The zero-order chi connectivity index (χ0) is 20.6. The van der Waals surface area contributed by atoms with Gasteiger partial charge in [0.1, 0.15) is 11.3 Å². The van der Waals surface area contributed by atoms with Crippen molar-refractivity contribution in [1.82, 2.24) is 14.5 Å². The van der Waals surface area contributed by atoms with Gasteiger partial charge in [-0.3, -0.25) is 4.57 Å². The Morgan fingerprint density at radius 2 is 1.79 bits per heavy atom. The van der Waals surface area contributed by atoms with E-state index in [2.05, 4.69) is 20.6 Å². The number of fused-ring (bicyclic) bond motifs is 1. The Morgan fingerprint density at radius 3 is 2.52 bits per heavy atom. The number of alkyl halides is 3. The maximum atomic E-state index is 13.2. The smallest absolute Gasteiger partial charge is 0.358 e. The molecule has 0 aliphatic carbocycles. The summed E-state index contributed by atoms with van der Waals surface area (Å²) in [5.41, 5.74) is 2.82. The van der Waals surface area contributed by atoms with Gasteiger partial charge < -0.3 is 10.6 Å². The van der Waals surface area contributed by atoms with Gasteiger partial charge in [0.05, 0.1) is 17.3 Å². The summed E-state index contributed by atoms with van der Waals surface area (Å²) in [4.78, 5) is 8.82. The first kappa shape index (κ1) is 18.8. The van der Waals surface area contributed by atoms with E-state index in [-0.39, 0.29) is 0 Å². The summed E-state index contributed by atoms with van der Waals surface area (Å²) in [7, 11) is 1.67. The minimum atomic E-state index is -4.42. The number of hydrogen-bond acceptors (Lipinski definition) is 4. The largest absolute Gasteiger partial charge is 0.416 e. The molecule has 0 fully saturated rings. The number of hydrogen-bond donors (Lipinski definition) is 2. The van der Waals surface area contributed by atoms with Crippen LogP contribution >= 0.6 is 0 Å². The van der Waals surface area contributed by atoms with Gasteiger partial charge >= 0.3 is 6.18 Å². The number of nitrogens with one attached hydrogen (secondary N) is 2. The number of aromatic nitrogens is 3. The van der Waals surface area contributed by atoms with Gasteiger partial charge in [-0.25, -0.2) is 9.97 Å². The maximum Gasteiger partial charge on any atom is 0.416 e. The summed E-state index contributed by atoms with van der Waals surface area (Å²) in [5.74, 6) is 0.993. The molecule has 8 heteroatoms. The molecule has 0 aliphatic heterocycles. The second-order valence-corrected chi connectivity index (χ2v) is 6.62. The summed E-state index contributed by atoms with van der Waals surface area (Å²) in [6.45, 7) is 1.99. The normalized spacial score (nSPS) is 11.6. The van der Waals surface area contributed by atoms with Gasteiger partial charge in [-0.15, -0.1) is 0 Å². The highest BCUT2D eigenvalue weighted by atomic mass is 19.4. The summed E-state index contributed by atoms with van der Waals surface area (Å²) < 4.78 is 41.2. The van der Waals surface area contributed by atoms with E-state index in [4.69, 9.17) is 0 Å². The molecule has 0 unspecified atom stereocenters. The van der Waals surface area contributed by atoms with Crippen LogP contribution in [0.2, 0.25) is 0 Å². The van der Waals surface area contributed by atoms with Gasteiger partial charge in [0.2, 0.25) is 5.95 Å². The van der Waals surface area contributed by atoms with Crippen LogP contribution in [0.5, 0.6) is 0 Å². The molecule has 0 bridgehead atoms. The van der Waals surface area contributed by atoms with Gasteiger partial charge in [-0.2, -0.15) is 13.2 Å². The molecule has 0 spiro atoms. The Balaban J connectivity index is 1.83. The predicted molar refractivity (Wildman–Crippen MR) is 108 cm³/mol. The average Bonchev–Trinajstić information content (AvgIpc) is 3.05. The van der Waals surface area contributed by atoms with Crippen molar-refractivity contribution in [2.45, 2.75) is 13.1 Å². The summed E-state index contributed by atoms with van der Waals surface area (Å²) in [6.07, 6.45) is -2.83. The van der Waals surface area contributed by atoms with Crippen molar-refractivity contribution < 1.29 is 13.2 Å². The van der Waals surface area contributed by atoms with Crippen LogP contribution in [0.15, 0.2) is 60.8 Å². The van der Waals surface area contributed by atoms with E-state index in [9.17, 15) is 13.2 Å². The van der Waals surface area contributed by atoms with Gasteiger partial charge in [-0.1, -0.05) is 18.2 Å². The molecule has 29 heavy (non-hydrogen) atoms. The molecule has 0 radical (unpaired) electrons. The zero-order valence-electron chi connectivity index (χ0n) is 15.7. The van der Waals surface area contributed by atoms with Gasteiger partial charge in [0.15, 0.2) is 0 Å². The molecule has 0 atom stereocenters. The van der Waals surface area contributed by atoms with Gasteiger partial charge in [0.25, 0.3) is 0 Å². The van der Waals surface area contributed by atoms with Crippen LogP contribution in [0.4, 0.5) is 30.6 Å². The van der Waals surface area contributed by atoms with Crippen LogP contribution in [0.1, 0.15) is 11.1 Å². The number of halogens is 3. The fraction of sp³-hybridized carbons (Fsp3) is 0.143. The number of aryl methyl sites for hydroxylation is 1. The number of pyridine rings is 1. The zero-order valence-corrected chi connectivity index (χ0v) is 15.7. The third-order valence-electron chi connectivity index (χ3n) is 4.49. The Bertz CT molecular complexity index is 1180. The average molecular weight is 397 g/mol. The molecule has 148 valence electrons. The number of benzene rings is 2. The lowest BCUT2D eigenvalue weighted by Gasteiger charge is -2.13. The fourth-order valence-electron chi connectivity index (χ4n) is 3.17. The first-order valence-corrected chi connectivity index (χ1v) is 8.93. The van der Waals surface area contributed by atoms with Crippen LogP contribution in [0.25, 0.3) is 16.7 Å². The maximum absolute atomic E-state index is 13.2. The Morgan fingerprint density at radius 1 is 1.00 bits per heavy atom. The lowest BCUT2D eigenvalue weighted by Crippen LogP contribution is -2.07. The molecule has 4 rings (SSSR count). The number of imidazole rings is 1. The Labute approximate surface area is 165 Å². The first-order valence-electron chi connectivity index (χ1n) is 8.93. The topological polar surface area (TPSA) is 54.8 Å². The molecular formula is C21H18F3N5. The van der Waals surface area contributed by atoms with E-state index in [1.54, 1.807) is 29.9 Å². The molecule has 0 aliphatic rings. The first-order chi connectivity index (χ1) is 13.8. The second-order valence-electron chi connectivity index (χ2n) is 6.62. The van der Waals surface area contributed by atoms with E-state index >= 15 is 0 Å². The molecule has 2 aromatic carbocycles. The standard InChI is InChI=1S/C21H18F3N5/c1-13-5-3-7-15(9-13)27-19-11-18-17(12-26-19)28-20(25-2)29(18)16-8-4-6-14(10-16)21(22,23)24/h3-12H,1-2H3,(H,25,28)(H,26,27). The Kier molecular flexibility index (Phi) is 4.62. The van der Waals surface area contributed by atoms with Crippen LogP contribution < -0.4 is 10.6 Å². The lowest BCUT2D eigenvalue weighted by atomic mass is 10.2. The summed E-state index contributed by atoms with van der Waals surface area (Å²) in [6, 6.07) is 14.8. The number of nitrogens with zero attached hydrogens (tertiary/aromatic N) is 3. The summed E-state index contributed by atoms with van der Waals surface area (Å²) in [5, 5.41) is 6.17. The molecule has 0 saturated heterocycles. The van der Waals surface area contributed by atoms with E-state index in [1.807, 2.05) is 31.2 Å². The third kappa shape index (κ3) is 3.73. The fourth-order valence-corrected chi connectivity index (χ4v) is 3.17. The predicted octanol–water partition coefficient (Wildman–Crippen LogP) is 5.53. The minimum Gasteiger partial charge on any atom is -0.358 e. The third-order valence-corrected chi connectivity index (χ3v) is 4.49. The van der Waals surface area contributed by atoms with E-state index in [1.165, 1.54) is 6.07 Å². The molecule has 0 amide bonds. The van der Waals surface area contributed by atoms with Gasteiger partial charge in [0, 0.05) is 24.5 Å². The van der Waals surface area contributed by atoms with Crippen molar-refractivity contribution in [3.05, 3.63) is 71.9 Å². The van der Waals surface area contributed by atoms with Crippen LogP contribution in [-0.2, 0) is 6.18 Å². The van der Waals surface area contributed by atoms with Gasteiger partial charge in [-0.05, 0) is 42.8 Å². The van der Waals surface area contributed by atoms with E-state index < -0.39 is 11.7 Å². The molecule has 2 N–H and O–H groups in total. The highest BCUT2D eigenvalue weighted by molar-refractivity contribution is 5.83. The van der Waals surface area contributed by atoms with E-state index in [0.29, 0.717) is 28.5 Å². The van der Waals surface area contributed by atoms with Crippen molar-refractivity contribution in [2.24, 2.45) is 0 Å². The van der Waals surface area contributed by atoms with Crippen LogP contribution in [0, 0.1) is 6.92 Å².